The molecule has 2 amide bonds. The van der Waals surface area contributed by atoms with Gasteiger partial charge >= 0.3 is 0 Å². The smallest absolute Gasteiger partial charge is 0.244 e. The van der Waals surface area contributed by atoms with E-state index in [1.165, 1.54) is 17.0 Å². The first-order valence-electron chi connectivity index (χ1n) is 10.5. The number of nitrogens with zero attached hydrogens (tertiary/aromatic N) is 2. The molecule has 0 saturated carbocycles. The van der Waals surface area contributed by atoms with Crippen LogP contribution in [0.2, 0.25) is 0 Å². The zero-order valence-corrected chi connectivity index (χ0v) is 19.4. The van der Waals surface area contributed by atoms with Crippen molar-refractivity contribution in [2.45, 2.75) is 39.3 Å². The van der Waals surface area contributed by atoms with Gasteiger partial charge < -0.3 is 10.2 Å². The van der Waals surface area contributed by atoms with E-state index < -0.39 is 34.3 Å². The molecule has 0 saturated heterocycles. The molecule has 2 aromatic rings. The number of halogens is 1. The van der Waals surface area contributed by atoms with Crippen LogP contribution >= 0.6 is 0 Å². The van der Waals surface area contributed by atoms with Gasteiger partial charge in [0.1, 0.15) is 18.4 Å². The van der Waals surface area contributed by atoms with Crippen molar-refractivity contribution in [3.8, 4) is 0 Å². The molecule has 7 nitrogen and oxygen atoms in total. The van der Waals surface area contributed by atoms with E-state index in [2.05, 4.69) is 5.32 Å². The van der Waals surface area contributed by atoms with Crippen LogP contribution in [0.1, 0.15) is 32.3 Å². The van der Waals surface area contributed by atoms with Gasteiger partial charge in [0.15, 0.2) is 0 Å². The number of amides is 2. The van der Waals surface area contributed by atoms with E-state index in [9.17, 15) is 22.4 Å². The van der Waals surface area contributed by atoms with E-state index in [-0.39, 0.29) is 18.1 Å². The largest absolute Gasteiger partial charge is 0.354 e. The summed E-state index contributed by atoms with van der Waals surface area (Å²) < 4.78 is 39.0. The summed E-state index contributed by atoms with van der Waals surface area (Å²) in [7, 11) is -3.83. The monoisotopic (exact) mass is 463 g/mol. The minimum atomic E-state index is -3.83. The Morgan fingerprint density at radius 1 is 1.06 bits per heavy atom. The number of hydrogen-bond acceptors (Lipinski definition) is 4. The van der Waals surface area contributed by atoms with Gasteiger partial charge in [0.05, 0.1) is 11.9 Å². The number of hydrogen-bond donors (Lipinski definition) is 1. The fraction of sp³-hybridized carbons (Fsp3) is 0.391. The number of rotatable bonds is 11. The maximum Gasteiger partial charge on any atom is 0.244 e. The standard InChI is InChI=1S/C23H30FN3O4S/c1-4-5-15-25-23(29)18(2)26(16-19-9-7-6-8-10-19)22(28)17-27(32(3,30)31)21-13-11-20(24)12-14-21/h6-14,18H,4-5,15-17H2,1-3H3,(H,25,29)/t18-/m1/s1. The van der Waals surface area contributed by atoms with Crippen molar-refractivity contribution in [1.82, 2.24) is 10.2 Å². The van der Waals surface area contributed by atoms with Gasteiger partial charge in [-0.15, -0.1) is 0 Å². The highest BCUT2D eigenvalue weighted by Crippen LogP contribution is 2.19. The van der Waals surface area contributed by atoms with E-state index in [0.717, 1.165) is 41.1 Å². The normalized spacial score (nSPS) is 12.1. The van der Waals surface area contributed by atoms with Crippen molar-refractivity contribution in [3.05, 3.63) is 66.0 Å². The molecule has 1 N–H and O–H groups in total. The molecule has 0 unspecified atom stereocenters. The lowest BCUT2D eigenvalue weighted by atomic mass is 10.1. The van der Waals surface area contributed by atoms with Crippen LogP contribution in [0.5, 0.6) is 0 Å². The van der Waals surface area contributed by atoms with Crippen molar-refractivity contribution in [3.63, 3.8) is 0 Å². The molecule has 9 heteroatoms. The third-order valence-corrected chi connectivity index (χ3v) is 6.13. The second-order valence-electron chi connectivity index (χ2n) is 7.57. The van der Waals surface area contributed by atoms with E-state index in [0.29, 0.717) is 6.54 Å². The van der Waals surface area contributed by atoms with Crippen LogP contribution in [0, 0.1) is 5.82 Å². The zero-order chi connectivity index (χ0) is 23.7. The van der Waals surface area contributed by atoms with Gasteiger partial charge in [0.2, 0.25) is 21.8 Å². The summed E-state index contributed by atoms with van der Waals surface area (Å²) in [5.41, 5.74) is 0.976. The Morgan fingerprint density at radius 3 is 2.25 bits per heavy atom. The van der Waals surface area contributed by atoms with Crippen LogP contribution in [0.15, 0.2) is 54.6 Å². The Balaban J connectivity index is 2.30. The third-order valence-electron chi connectivity index (χ3n) is 4.99. The number of benzene rings is 2. The summed E-state index contributed by atoms with van der Waals surface area (Å²) in [5.74, 6) is -1.37. The predicted octanol–water partition coefficient (Wildman–Crippen LogP) is 2.93. The van der Waals surface area contributed by atoms with Gasteiger partial charge in [-0.3, -0.25) is 13.9 Å². The Morgan fingerprint density at radius 2 is 1.69 bits per heavy atom. The molecular weight excluding hydrogens is 433 g/mol. The molecule has 0 bridgehead atoms. The molecule has 32 heavy (non-hydrogen) atoms. The van der Waals surface area contributed by atoms with E-state index >= 15 is 0 Å². The van der Waals surface area contributed by atoms with Crippen LogP contribution in [-0.2, 0) is 26.2 Å². The Kier molecular flexibility index (Phi) is 9.19. The molecule has 2 aromatic carbocycles. The maximum atomic E-state index is 13.3. The molecule has 0 aliphatic rings. The Bertz CT molecular complexity index is 998. The van der Waals surface area contributed by atoms with E-state index in [4.69, 9.17) is 0 Å². The second kappa shape index (κ2) is 11.6. The van der Waals surface area contributed by atoms with Crippen LogP contribution < -0.4 is 9.62 Å². The summed E-state index contributed by atoms with van der Waals surface area (Å²) in [5, 5.41) is 2.82. The van der Waals surface area contributed by atoms with Crippen molar-refractivity contribution < 1.29 is 22.4 Å². The molecule has 1 atom stereocenters. The van der Waals surface area contributed by atoms with Crippen LogP contribution in [0.3, 0.4) is 0 Å². The van der Waals surface area contributed by atoms with E-state index in [1.54, 1.807) is 6.92 Å². The highest BCUT2D eigenvalue weighted by Gasteiger charge is 2.29. The lowest BCUT2D eigenvalue weighted by molar-refractivity contribution is -0.139. The van der Waals surface area contributed by atoms with Gasteiger partial charge in [0, 0.05) is 13.1 Å². The molecular formula is C23H30FN3O4S. The van der Waals surface area contributed by atoms with Crippen LogP contribution in [0.4, 0.5) is 10.1 Å². The lowest BCUT2D eigenvalue weighted by Gasteiger charge is -2.31. The van der Waals surface area contributed by atoms with Gasteiger partial charge in [0.25, 0.3) is 0 Å². The highest BCUT2D eigenvalue weighted by molar-refractivity contribution is 7.92. The molecule has 0 spiro atoms. The minimum Gasteiger partial charge on any atom is -0.354 e. The van der Waals surface area contributed by atoms with E-state index in [1.807, 2.05) is 37.3 Å². The van der Waals surface area contributed by atoms with Gasteiger partial charge in [-0.05, 0) is 43.2 Å². The van der Waals surface area contributed by atoms with Gasteiger partial charge in [-0.2, -0.15) is 0 Å². The van der Waals surface area contributed by atoms with Crippen molar-refractivity contribution in [2.75, 3.05) is 23.7 Å². The molecule has 0 heterocycles. The topological polar surface area (TPSA) is 86.8 Å². The first-order chi connectivity index (χ1) is 15.1. The molecule has 0 radical (unpaired) electrons. The Labute approximate surface area is 189 Å². The summed E-state index contributed by atoms with van der Waals surface area (Å²) in [6.07, 6.45) is 2.71. The number of unbranched alkanes of at least 4 members (excludes halogenated alkanes) is 1. The summed E-state index contributed by atoms with van der Waals surface area (Å²) in [4.78, 5) is 27.3. The molecule has 174 valence electrons. The highest BCUT2D eigenvalue weighted by atomic mass is 32.2. The Hall–Kier alpha value is -2.94. The lowest BCUT2D eigenvalue weighted by Crippen LogP contribution is -2.51. The number of carbonyl (C=O) groups is 2. The number of nitrogens with one attached hydrogen (secondary N) is 1. The number of carbonyl (C=O) groups excluding carboxylic acids is 2. The minimum absolute atomic E-state index is 0.142. The maximum absolute atomic E-state index is 13.3. The van der Waals surface area contributed by atoms with Crippen LogP contribution in [-0.4, -0.2) is 50.5 Å². The average molecular weight is 464 g/mol. The third kappa shape index (κ3) is 7.33. The fourth-order valence-electron chi connectivity index (χ4n) is 3.12. The molecule has 0 fully saturated rings. The van der Waals surface area contributed by atoms with Crippen LogP contribution in [0.25, 0.3) is 0 Å². The summed E-state index contributed by atoms with van der Waals surface area (Å²) in [6.45, 7) is 3.76. The van der Waals surface area contributed by atoms with Gasteiger partial charge in [-0.25, -0.2) is 12.8 Å². The first kappa shape index (κ1) is 25.3. The summed E-state index contributed by atoms with van der Waals surface area (Å²) >= 11 is 0. The fourth-order valence-corrected chi connectivity index (χ4v) is 3.97. The number of sulfonamides is 1. The van der Waals surface area contributed by atoms with Gasteiger partial charge in [-0.1, -0.05) is 43.7 Å². The quantitative estimate of drug-likeness (QED) is 0.519. The van der Waals surface area contributed by atoms with Crippen molar-refractivity contribution >= 4 is 27.5 Å². The molecule has 0 aromatic heterocycles. The second-order valence-corrected chi connectivity index (χ2v) is 9.48. The van der Waals surface area contributed by atoms with Crippen molar-refractivity contribution in [1.29, 1.82) is 0 Å². The molecule has 0 aliphatic heterocycles. The molecule has 2 rings (SSSR count). The molecule has 0 aliphatic carbocycles. The summed E-state index contributed by atoms with van der Waals surface area (Å²) in [6, 6.07) is 13.2. The first-order valence-corrected chi connectivity index (χ1v) is 12.3. The predicted molar refractivity (Wildman–Crippen MR) is 123 cm³/mol. The zero-order valence-electron chi connectivity index (χ0n) is 18.6. The van der Waals surface area contributed by atoms with Crippen molar-refractivity contribution in [2.24, 2.45) is 0 Å². The SMILES string of the molecule is CCCCNC(=O)[C@@H](C)N(Cc1ccccc1)C(=O)CN(c1ccc(F)cc1)S(C)(=O)=O. The number of anilines is 1. The average Bonchev–Trinajstić information content (AvgIpc) is 2.76.